The van der Waals surface area contributed by atoms with Crippen LogP contribution in [0, 0.1) is 4.64 Å². The van der Waals surface area contributed by atoms with Gasteiger partial charge in [0.1, 0.15) is 4.64 Å². The van der Waals surface area contributed by atoms with Crippen LogP contribution in [0.1, 0.15) is 0 Å². The molecule has 1 nitrogen and oxygen atoms in total. The Bertz CT molecular complexity index is 774. The Morgan fingerprint density at radius 2 is 1.25 bits per heavy atom. The molecular formula is C18H15NS. The van der Waals surface area contributed by atoms with Crippen molar-refractivity contribution in [1.82, 2.24) is 4.57 Å². The van der Waals surface area contributed by atoms with Gasteiger partial charge in [0, 0.05) is 12.7 Å². The largest absolute Gasteiger partial charge is 0.335 e. The molecule has 1 aromatic heterocycles. The van der Waals surface area contributed by atoms with Crippen LogP contribution in [0.2, 0.25) is 0 Å². The zero-order chi connectivity index (χ0) is 13.9. The molecule has 3 aromatic rings. The number of nitrogens with zero attached hydrogens (tertiary/aromatic N) is 1. The van der Waals surface area contributed by atoms with Gasteiger partial charge in [-0.1, -0.05) is 72.9 Å². The summed E-state index contributed by atoms with van der Waals surface area (Å²) in [6, 6.07) is 24.9. The fourth-order valence-corrected chi connectivity index (χ4v) is 2.54. The molecule has 0 bridgehead atoms. The van der Waals surface area contributed by atoms with Crippen LogP contribution < -0.4 is 0 Å². The number of pyridine rings is 1. The Morgan fingerprint density at radius 1 is 0.700 bits per heavy atom. The topological polar surface area (TPSA) is 4.93 Å². The quantitative estimate of drug-likeness (QED) is 0.591. The fraction of sp³-hybridized carbons (Fsp3) is 0.0556. The maximum atomic E-state index is 5.49. The van der Waals surface area contributed by atoms with Crippen LogP contribution in [0.4, 0.5) is 0 Å². The second kappa shape index (κ2) is 5.43. The lowest BCUT2D eigenvalue weighted by Gasteiger charge is -2.12. The molecule has 0 aliphatic rings. The molecule has 20 heavy (non-hydrogen) atoms. The summed E-state index contributed by atoms with van der Waals surface area (Å²) in [5.41, 5.74) is 4.67. The van der Waals surface area contributed by atoms with Gasteiger partial charge in [-0.15, -0.1) is 0 Å². The molecule has 1 heterocycles. The summed E-state index contributed by atoms with van der Waals surface area (Å²) < 4.78 is 2.89. The molecule has 0 N–H and O–H groups in total. The summed E-state index contributed by atoms with van der Waals surface area (Å²) >= 11 is 5.49. The first-order valence-corrected chi connectivity index (χ1v) is 6.98. The van der Waals surface area contributed by atoms with Gasteiger partial charge in [-0.25, -0.2) is 0 Å². The van der Waals surface area contributed by atoms with Gasteiger partial charge in [-0.3, -0.25) is 0 Å². The standard InChI is InChI=1S/C18H15NS/c1-19-17(15-10-6-3-7-11-15)12-16(13-18(19)20)14-8-4-2-5-9-14/h2-13H,1H3. The first kappa shape index (κ1) is 12.8. The molecule has 0 saturated carbocycles. The fourth-order valence-electron chi connectivity index (χ4n) is 2.32. The van der Waals surface area contributed by atoms with E-state index in [9.17, 15) is 0 Å². The maximum absolute atomic E-state index is 5.49. The first-order chi connectivity index (χ1) is 9.75. The number of rotatable bonds is 2. The van der Waals surface area contributed by atoms with Crippen molar-refractivity contribution in [2.24, 2.45) is 7.05 Å². The Morgan fingerprint density at radius 3 is 1.85 bits per heavy atom. The van der Waals surface area contributed by atoms with Crippen molar-refractivity contribution in [1.29, 1.82) is 0 Å². The molecule has 0 atom stereocenters. The zero-order valence-corrected chi connectivity index (χ0v) is 12.1. The summed E-state index contributed by atoms with van der Waals surface area (Å²) in [5.74, 6) is 0. The van der Waals surface area contributed by atoms with Gasteiger partial charge in [0.2, 0.25) is 0 Å². The molecule has 0 fully saturated rings. The predicted octanol–water partition coefficient (Wildman–Crippen LogP) is 5.09. The number of benzene rings is 2. The smallest absolute Gasteiger partial charge is 0.106 e. The van der Waals surface area contributed by atoms with E-state index in [-0.39, 0.29) is 0 Å². The van der Waals surface area contributed by atoms with Crippen LogP contribution in [0.15, 0.2) is 72.8 Å². The molecular weight excluding hydrogens is 262 g/mol. The zero-order valence-electron chi connectivity index (χ0n) is 11.3. The lowest BCUT2D eigenvalue weighted by atomic mass is 10.0. The van der Waals surface area contributed by atoms with Crippen molar-refractivity contribution in [2.45, 2.75) is 0 Å². The van der Waals surface area contributed by atoms with Crippen LogP contribution in [-0.2, 0) is 7.05 Å². The van der Waals surface area contributed by atoms with E-state index in [1.165, 1.54) is 11.1 Å². The summed E-state index contributed by atoms with van der Waals surface area (Å²) in [5, 5.41) is 0. The van der Waals surface area contributed by atoms with Crippen molar-refractivity contribution in [3.8, 4) is 22.4 Å². The van der Waals surface area contributed by atoms with Crippen molar-refractivity contribution in [2.75, 3.05) is 0 Å². The summed E-state index contributed by atoms with van der Waals surface area (Å²) in [6.45, 7) is 0. The third kappa shape index (κ3) is 2.43. The van der Waals surface area contributed by atoms with Crippen LogP contribution in [0.25, 0.3) is 22.4 Å². The van der Waals surface area contributed by atoms with E-state index >= 15 is 0 Å². The average molecular weight is 277 g/mol. The van der Waals surface area contributed by atoms with Gasteiger partial charge in [-0.05, 0) is 28.8 Å². The van der Waals surface area contributed by atoms with Gasteiger partial charge in [0.05, 0.1) is 0 Å². The van der Waals surface area contributed by atoms with Crippen molar-refractivity contribution < 1.29 is 0 Å². The minimum Gasteiger partial charge on any atom is -0.335 e. The normalized spacial score (nSPS) is 10.4. The monoisotopic (exact) mass is 277 g/mol. The molecule has 0 radical (unpaired) electrons. The van der Waals surface area contributed by atoms with Crippen LogP contribution in [0.5, 0.6) is 0 Å². The van der Waals surface area contributed by atoms with Crippen LogP contribution >= 0.6 is 12.2 Å². The van der Waals surface area contributed by atoms with Crippen molar-refractivity contribution in [3.63, 3.8) is 0 Å². The summed E-state index contributed by atoms with van der Waals surface area (Å²) in [4.78, 5) is 0. The van der Waals surface area contributed by atoms with E-state index in [0.717, 1.165) is 15.9 Å². The lowest BCUT2D eigenvalue weighted by molar-refractivity contribution is 0.899. The third-order valence-electron chi connectivity index (χ3n) is 3.44. The second-order valence-electron chi connectivity index (χ2n) is 4.76. The lowest BCUT2D eigenvalue weighted by Crippen LogP contribution is -1.98. The molecule has 0 saturated heterocycles. The molecule has 3 rings (SSSR count). The highest BCUT2D eigenvalue weighted by Gasteiger charge is 2.05. The van der Waals surface area contributed by atoms with E-state index in [2.05, 4.69) is 41.0 Å². The summed E-state index contributed by atoms with van der Waals surface area (Å²) in [7, 11) is 2.01. The molecule has 0 spiro atoms. The highest BCUT2D eigenvalue weighted by molar-refractivity contribution is 7.71. The predicted molar refractivity (Wildman–Crippen MR) is 87.1 cm³/mol. The molecule has 2 heteroatoms. The summed E-state index contributed by atoms with van der Waals surface area (Å²) in [6.07, 6.45) is 0. The van der Waals surface area contributed by atoms with Gasteiger partial charge < -0.3 is 4.57 Å². The Balaban J connectivity index is 2.22. The Kier molecular flexibility index (Phi) is 3.48. The molecule has 98 valence electrons. The maximum Gasteiger partial charge on any atom is 0.106 e. The van der Waals surface area contributed by atoms with Crippen molar-refractivity contribution in [3.05, 3.63) is 77.4 Å². The Hall–Kier alpha value is -2.19. The minimum absolute atomic E-state index is 0.838. The Labute approximate surface area is 124 Å². The van der Waals surface area contributed by atoms with Gasteiger partial charge >= 0.3 is 0 Å². The van der Waals surface area contributed by atoms with E-state index in [1.807, 2.05) is 43.4 Å². The van der Waals surface area contributed by atoms with Gasteiger partial charge in [-0.2, -0.15) is 0 Å². The second-order valence-corrected chi connectivity index (χ2v) is 5.18. The average Bonchev–Trinajstić information content (AvgIpc) is 2.51. The minimum atomic E-state index is 0.838. The van der Waals surface area contributed by atoms with E-state index < -0.39 is 0 Å². The van der Waals surface area contributed by atoms with Gasteiger partial charge in [0.15, 0.2) is 0 Å². The molecule has 0 unspecified atom stereocenters. The number of hydrogen-bond acceptors (Lipinski definition) is 1. The third-order valence-corrected chi connectivity index (χ3v) is 3.83. The first-order valence-electron chi connectivity index (χ1n) is 6.57. The highest BCUT2D eigenvalue weighted by atomic mass is 32.1. The van der Waals surface area contributed by atoms with Crippen LogP contribution in [0.3, 0.4) is 0 Å². The van der Waals surface area contributed by atoms with Crippen molar-refractivity contribution >= 4 is 12.2 Å². The van der Waals surface area contributed by atoms with E-state index in [0.29, 0.717) is 0 Å². The SMILES string of the molecule is Cn1c(-c2ccccc2)cc(-c2ccccc2)cc1=S. The van der Waals surface area contributed by atoms with E-state index in [1.54, 1.807) is 0 Å². The number of aromatic nitrogens is 1. The number of hydrogen-bond donors (Lipinski definition) is 0. The highest BCUT2D eigenvalue weighted by Crippen LogP contribution is 2.26. The molecule has 0 aliphatic heterocycles. The molecule has 0 aliphatic carbocycles. The van der Waals surface area contributed by atoms with Gasteiger partial charge in [0.25, 0.3) is 0 Å². The van der Waals surface area contributed by atoms with Crippen LogP contribution in [-0.4, -0.2) is 4.57 Å². The molecule has 0 amide bonds. The molecule has 2 aromatic carbocycles. The van der Waals surface area contributed by atoms with E-state index in [4.69, 9.17) is 12.2 Å².